The number of nitrogens with one attached hydrogen (secondary N) is 1. The highest BCUT2D eigenvalue weighted by molar-refractivity contribution is 9.10. The Bertz CT molecular complexity index is 337. The van der Waals surface area contributed by atoms with Crippen molar-refractivity contribution in [1.82, 2.24) is 5.32 Å². The van der Waals surface area contributed by atoms with Gasteiger partial charge in [-0.2, -0.15) is 0 Å². The van der Waals surface area contributed by atoms with Crippen LogP contribution < -0.4 is 5.32 Å². The summed E-state index contributed by atoms with van der Waals surface area (Å²) in [6.45, 7) is 4.55. The second kappa shape index (κ2) is 4.67. The summed E-state index contributed by atoms with van der Waals surface area (Å²) in [5.74, 6) is 0.867. The Labute approximate surface area is 100 Å². The maximum atomic E-state index is 3.71. The van der Waals surface area contributed by atoms with Crippen molar-refractivity contribution in [3.63, 3.8) is 0 Å². The van der Waals surface area contributed by atoms with E-state index in [4.69, 9.17) is 0 Å². The summed E-state index contributed by atoms with van der Waals surface area (Å²) in [6, 6.07) is 9.87. The number of hydrogen-bond donors (Lipinski definition) is 1. The predicted molar refractivity (Wildman–Crippen MR) is 67.9 cm³/mol. The first-order chi connectivity index (χ1) is 7.20. The standard InChI is InChI=1S/C13H18BrN/c1-3-12(15-13-7-9(13)2)10-5-4-6-11(14)8-10/h4-6,8-9,12-13,15H,3,7H2,1-2H3. The van der Waals surface area contributed by atoms with E-state index in [1.807, 2.05) is 0 Å². The zero-order valence-corrected chi connectivity index (χ0v) is 10.9. The SMILES string of the molecule is CCC(NC1CC1C)c1cccc(Br)c1. The van der Waals surface area contributed by atoms with Gasteiger partial charge in [-0.15, -0.1) is 0 Å². The Hall–Kier alpha value is -0.340. The molecule has 0 heterocycles. The van der Waals surface area contributed by atoms with Crippen molar-refractivity contribution in [2.45, 2.75) is 38.8 Å². The summed E-state index contributed by atoms with van der Waals surface area (Å²) in [7, 11) is 0. The van der Waals surface area contributed by atoms with Gasteiger partial charge in [0, 0.05) is 16.6 Å². The monoisotopic (exact) mass is 267 g/mol. The van der Waals surface area contributed by atoms with Gasteiger partial charge in [-0.25, -0.2) is 0 Å². The minimum Gasteiger partial charge on any atom is -0.307 e. The molecule has 1 fully saturated rings. The van der Waals surface area contributed by atoms with Crippen LogP contribution in [0.1, 0.15) is 38.3 Å². The number of halogens is 1. The minimum absolute atomic E-state index is 0.512. The second-order valence-corrected chi connectivity index (χ2v) is 5.42. The Morgan fingerprint density at radius 1 is 1.53 bits per heavy atom. The smallest absolute Gasteiger partial charge is 0.0320 e. The molecule has 0 bridgehead atoms. The van der Waals surface area contributed by atoms with Crippen LogP contribution in [0.4, 0.5) is 0 Å². The molecule has 1 aromatic rings. The molecule has 1 aromatic carbocycles. The van der Waals surface area contributed by atoms with Gasteiger partial charge in [-0.3, -0.25) is 0 Å². The van der Waals surface area contributed by atoms with E-state index in [-0.39, 0.29) is 0 Å². The molecule has 1 saturated carbocycles. The van der Waals surface area contributed by atoms with Crippen LogP contribution in [-0.2, 0) is 0 Å². The summed E-state index contributed by atoms with van der Waals surface area (Å²) in [6.07, 6.45) is 2.49. The average Bonchev–Trinajstić information content (AvgIpc) is 2.91. The largest absolute Gasteiger partial charge is 0.307 e. The molecule has 0 amide bonds. The van der Waals surface area contributed by atoms with E-state index in [0.717, 1.165) is 18.4 Å². The molecule has 2 rings (SSSR count). The number of benzene rings is 1. The van der Waals surface area contributed by atoms with Gasteiger partial charge in [0.25, 0.3) is 0 Å². The predicted octanol–water partition coefficient (Wildman–Crippen LogP) is 3.90. The normalized spacial score (nSPS) is 26.3. The lowest BCUT2D eigenvalue weighted by Crippen LogP contribution is -2.23. The third-order valence-corrected chi connectivity index (χ3v) is 3.68. The Balaban J connectivity index is 2.05. The molecular weight excluding hydrogens is 250 g/mol. The molecule has 2 heteroatoms. The molecular formula is C13H18BrN. The van der Waals surface area contributed by atoms with E-state index in [9.17, 15) is 0 Å². The van der Waals surface area contributed by atoms with Crippen LogP contribution in [0.25, 0.3) is 0 Å². The Kier molecular flexibility index (Phi) is 3.47. The molecule has 0 spiro atoms. The highest BCUT2D eigenvalue weighted by Crippen LogP contribution is 2.32. The van der Waals surface area contributed by atoms with Crippen molar-refractivity contribution >= 4 is 15.9 Å². The van der Waals surface area contributed by atoms with Crippen molar-refractivity contribution in [3.8, 4) is 0 Å². The van der Waals surface area contributed by atoms with Gasteiger partial charge in [0.2, 0.25) is 0 Å². The van der Waals surface area contributed by atoms with Crippen LogP contribution in [0.2, 0.25) is 0 Å². The molecule has 1 nitrogen and oxygen atoms in total. The van der Waals surface area contributed by atoms with E-state index < -0.39 is 0 Å². The first-order valence-electron chi connectivity index (χ1n) is 5.72. The lowest BCUT2D eigenvalue weighted by Gasteiger charge is -2.17. The molecule has 3 atom stereocenters. The molecule has 0 aromatic heterocycles. The zero-order valence-electron chi connectivity index (χ0n) is 9.33. The summed E-state index contributed by atoms with van der Waals surface area (Å²) in [5, 5.41) is 3.71. The van der Waals surface area contributed by atoms with Gasteiger partial charge >= 0.3 is 0 Å². The molecule has 0 radical (unpaired) electrons. The van der Waals surface area contributed by atoms with Crippen molar-refractivity contribution in [2.24, 2.45) is 5.92 Å². The van der Waals surface area contributed by atoms with Gasteiger partial charge < -0.3 is 5.32 Å². The fourth-order valence-electron chi connectivity index (χ4n) is 1.99. The van der Waals surface area contributed by atoms with Crippen LogP contribution >= 0.6 is 15.9 Å². The fourth-order valence-corrected chi connectivity index (χ4v) is 2.40. The summed E-state index contributed by atoms with van der Waals surface area (Å²) in [5.41, 5.74) is 1.39. The lowest BCUT2D eigenvalue weighted by atomic mass is 10.0. The van der Waals surface area contributed by atoms with Gasteiger partial charge in [0.1, 0.15) is 0 Å². The lowest BCUT2D eigenvalue weighted by molar-refractivity contribution is 0.502. The molecule has 0 aliphatic heterocycles. The second-order valence-electron chi connectivity index (χ2n) is 4.50. The van der Waals surface area contributed by atoms with E-state index in [2.05, 4.69) is 59.4 Å². The third kappa shape index (κ3) is 2.82. The summed E-state index contributed by atoms with van der Waals surface area (Å²) < 4.78 is 1.17. The maximum Gasteiger partial charge on any atom is 0.0320 e. The molecule has 15 heavy (non-hydrogen) atoms. The summed E-state index contributed by atoms with van der Waals surface area (Å²) >= 11 is 3.53. The van der Waals surface area contributed by atoms with Crippen LogP contribution in [0, 0.1) is 5.92 Å². The summed E-state index contributed by atoms with van der Waals surface area (Å²) in [4.78, 5) is 0. The minimum atomic E-state index is 0.512. The van der Waals surface area contributed by atoms with Crippen LogP contribution in [0.5, 0.6) is 0 Å². The zero-order chi connectivity index (χ0) is 10.8. The van der Waals surface area contributed by atoms with Crippen LogP contribution in [-0.4, -0.2) is 6.04 Å². The molecule has 3 unspecified atom stereocenters. The van der Waals surface area contributed by atoms with E-state index in [0.29, 0.717) is 6.04 Å². The van der Waals surface area contributed by atoms with E-state index in [1.54, 1.807) is 0 Å². The van der Waals surface area contributed by atoms with Crippen LogP contribution in [0.15, 0.2) is 28.7 Å². The average molecular weight is 268 g/mol. The fraction of sp³-hybridized carbons (Fsp3) is 0.538. The van der Waals surface area contributed by atoms with E-state index in [1.165, 1.54) is 16.5 Å². The molecule has 0 saturated heterocycles. The van der Waals surface area contributed by atoms with E-state index >= 15 is 0 Å². The van der Waals surface area contributed by atoms with Crippen molar-refractivity contribution in [2.75, 3.05) is 0 Å². The first-order valence-corrected chi connectivity index (χ1v) is 6.51. The van der Waals surface area contributed by atoms with Gasteiger partial charge in [0.05, 0.1) is 0 Å². The highest BCUT2D eigenvalue weighted by Gasteiger charge is 2.33. The molecule has 1 aliphatic carbocycles. The third-order valence-electron chi connectivity index (χ3n) is 3.18. The maximum absolute atomic E-state index is 3.71. The quantitative estimate of drug-likeness (QED) is 0.873. The topological polar surface area (TPSA) is 12.0 Å². The Morgan fingerprint density at radius 2 is 2.27 bits per heavy atom. The molecule has 1 N–H and O–H groups in total. The highest BCUT2D eigenvalue weighted by atomic mass is 79.9. The number of rotatable bonds is 4. The van der Waals surface area contributed by atoms with Crippen molar-refractivity contribution in [3.05, 3.63) is 34.3 Å². The van der Waals surface area contributed by atoms with Crippen LogP contribution in [0.3, 0.4) is 0 Å². The van der Waals surface area contributed by atoms with Gasteiger partial charge in [0.15, 0.2) is 0 Å². The van der Waals surface area contributed by atoms with Crippen molar-refractivity contribution in [1.29, 1.82) is 0 Å². The molecule has 1 aliphatic rings. The number of hydrogen-bond acceptors (Lipinski definition) is 1. The van der Waals surface area contributed by atoms with Crippen molar-refractivity contribution < 1.29 is 0 Å². The van der Waals surface area contributed by atoms with Gasteiger partial charge in [-0.1, -0.05) is 41.9 Å². The Morgan fingerprint density at radius 3 is 2.80 bits per heavy atom. The first kappa shape index (κ1) is 11.2. The van der Waals surface area contributed by atoms with Gasteiger partial charge in [-0.05, 0) is 36.5 Å². The molecule has 82 valence electrons.